The monoisotopic (exact) mass is 1420 g/mol. The van der Waals surface area contributed by atoms with Gasteiger partial charge in [0, 0.05) is 19.3 Å². The molecule has 0 aromatic rings. The third-order valence-corrected chi connectivity index (χ3v) is 17.3. The number of carbonyl (C=O) groups is 4. The van der Waals surface area contributed by atoms with Crippen molar-refractivity contribution in [2.24, 2.45) is 0 Å². The number of hydrogen-bond acceptors (Lipinski definition) is 15. The van der Waals surface area contributed by atoms with Gasteiger partial charge < -0.3 is 33.8 Å². The first kappa shape index (κ1) is 93.5. The van der Waals surface area contributed by atoms with Crippen molar-refractivity contribution in [2.75, 3.05) is 39.6 Å². The first-order valence-electron chi connectivity index (χ1n) is 37.8. The maximum absolute atomic E-state index is 13.1. The Hall–Kier alpha value is -4.54. The van der Waals surface area contributed by atoms with E-state index in [-0.39, 0.29) is 25.7 Å². The molecule has 0 aliphatic heterocycles. The Bertz CT molecular complexity index is 2340. The van der Waals surface area contributed by atoms with E-state index in [1.54, 1.807) is 6.08 Å². The number of hydrogen-bond donors (Lipinski definition) is 3. The van der Waals surface area contributed by atoms with Gasteiger partial charge in [-0.3, -0.25) is 37.3 Å². The lowest BCUT2D eigenvalue weighted by Crippen LogP contribution is -2.30. The first-order chi connectivity index (χ1) is 47.7. The Balaban J connectivity index is 5.38. The molecule has 0 aromatic heterocycles. The average Bonchev–Trinajstić information content (AvgIpc) is 0.983. The highest BCUT2D eigenvalue weighted by atomic mass is 31.2. The van der Waals surface area contributed by atoms with E-state index in [1.165, 1.54) is 57.8 Å². The van der Waals surface area contributed by atoms with E-state index < -0.39 is 97.5 Å². The number of phosphoric ester groups is 2. The Morgan fingerprint density at radius 2 is 0.582 bits per heavy atom. The van der Waals surface area contributed by atoms with Crippen molar-refractivity contribution >= 4 is 39.5 Å². The van der Waals surface area contributed by atoms with Crippen LogP contribution >= 0.6 is 15.6 Å². The van der Waals surface area contributed by atoms with E-state index in [1.807, 2.05) is 18.2 Å². The fraction of sp³-hybridized carbons (Fsp3) is 0.696. The van der Waals surface area contributed by atoms with Gasteiger partial charge in [0.2, 0.25) is 0 Å². The van der Waals surface area contributed by atoms with E-state index in [0.717, 1.165) is 161 Å². The number of ether oxygens (including phenoxy) is 4. The van der Waals surface area contributed by atoms with Crippen molar-refractivity contribution in [1.29, 1.82) is 0 Å². The summed E-state index contributed by atoms with van der Waals surface area (Å²) in [6.45, 7) is 4.52. The molecule has 562 valence electrons. The molecule has 0 rings (SSSR count). The van der Waals surface area contributed by atoms with E-state index in [0.29, 0.717) is 25.7 Å². The van der Waals surface area contributed by atoms with Gasteiger partial charge in [-0.25, -0.2) is 9.13 Å². The summed E-state index contributed by atoms with van der Waals surface area (Å²) in [5.74, 6) is -2.36. The van der Waals surface area contributed by atoms with Crippen LogP contribution in [0.4, 0.5) is 0 Å². The van der Waals surface area contributed by atoms with Gasteiger partial charge in [-0.05, 0) is 135 Å². The number of rotatable bonds is 70. The van der Waals surface area contributed by atoms with Crippen LogP contribution in [0.3, 0.4) is 0 Å². The molecule has 5 atom stereocenters. The molecule has 0 fully saturated rings. The van der Waals surface area contributed by atoms with Crippen LogP contribution in [0.25, 0.3) is 0 Å². The molecular weight excluding hydrogens is 1280 g/mol. The van der Waals surface area contributed by atoms with Gasteiger partial charge >= 0.3 is 39.5 Å². The number of allylic oxidation sites excluding steroid dienone is 19. The van der Waals surface area contributed by atoms with Crippen molar-refractivity contribution in [3.8, 4) is 0 Å². The molecule has 0 spiro atoms. The molecule has 0 saturated heterocycles. The van der Waals surface area contributed by atoms with Crippen molar-refractivity contribution in [3.63, 3.8) is 0 Å². The zero-order valence-corrected chi connectivity index (χ0v) is 63.0. The molecule has 5 unspecified atom stereocenters. The molecule has 0 amide bonds. The molecule has 0 aliphatic carbocycles. The van der Waals surface area contributed by atoms with Gasteiger partial charge in [0.25, 0.3) is 0 Å². The quantitative estimate of drug-likeness (QED) is 0.0169. The van der Waals surface area contributed by atoms with Crippen molar-refractivity contribution in [1.82, 2.24) is 0 Å². The third-order valence-electron chi connectivity index (χ3n) is 15.4. The van der Waals surface area contributed by atoms with Crippen LogP contribution in [0.1, 0.15) is 297 Å². The predicted molar refractivity (Wildman–Crippen MR) is 399 cm³/mol. The Morgan fingerprint density at radius 3 is 0.969 bits per heavy atom. The average molecular weight is 1420 g/mol. The lowest BCUT2D eigenvalue weighted by molar-refractivity contribution is -0.161. The van der Waals surface area contributed by atoms with E-state index in [2.05, 4.69) is 125 Å². The van der Waals surface area contributed by atoms with Crippen LogP contribution < -0.4 is 0 Å². The largest absolute Gasteiger partial charge is 0.472 e. The van der Waals surface area contributed by atoms with Crippen LogP contribution in [-0.4, -0.2) is 96.7 Å². The highest BCUT2D eigenvalue weighted by molar-refractivity contribution is 7.47. The number of phosphoric acid groups is 2. The molecular formula is C79H134O17P2. The summed E-state index contributed by atoms with van der Waals surface area (Å²) in [6.07, 6.45) is 76.6. The highest BCUT2D eigenvalue weighted by Gasteiger charge is 2.30. The first-order valence-corrected chi connectivity index (χ1v) is 40.8. The van der Waals surface area contributed by atoms with Crippen LogP contribution in [0.15, 0.2) is 122 Å². The second-order valence-corrected chi connectivity index (χ2v) is 27.8. The smallest absolute Gasteiger partial charge is 0.462 e. The molecule has 17 nitrogen and oxygen atoms in total. The molecule has 98 heavy (non-hydrogen) atoms. The fourth-order valence-electron chi connectivity index (χ4n) is 9.63. The van der Waals surface area contributed by atoms with Gasteiger partial charge in [0.1, 0.15) is 19.3 Å². The Labute approximate surface area is 593 Å². The fourth-order valence-corrected chi connectivity index (χ4v) is 11.2. The maximum Gasteiger partial charge on any atom is 0.472 e. The van der Waals surface area contributed by atoms with Crippen molar-refractivity contribution in [3.05, 3.63) is 122 Å². The number of esters is 4. The molecule has 0 aliphatic rings. The maximum atomic E-state index is 13.1. The standard InChI is InChI=1S/C79H134O17P2/c1-5-9-13-17-21-25-29-32-34-35-36-37-39-42-45-48-52-56-60-64-77(82)89-69-74(95-78(83)65-61-57-53-49-43-28-24-20-16-12-8-4)71-93-97(85,86)91-67-73(80)68-92-98(87,88)94-72-75(96-79(84)66-62-58-54-50-46-40-31-27-23-19-15-11-7-3)70-90-76(81)63-59-55-51-47-44-41-38-33-30-26-22-18-14-10-6-2/h10,14,20-22,24-27,31-34,36-38,44,47,55,59,73-75,80H,5-9,11-13,15-19,23,28-30,35,39-43,45-46,48-54,56-58,60-72H2,1-4H3,(H,85,86)(H,87,88)/b14-10-,24-20-,25-21-,26-22-,31-27-,34-32-,37-36-,38-33-,47-44-,59-55-. The molecule has 0 saturated carbocycles. The minimum absolute atomic E-state index is 0.0634. The van der Waals surface area contributed by atoms with Gasteiger partial charge in [0.05, 0.1) is 32.8 Å². The predicted octanol–water partition coefficient (Wildman–Crippen LogP) is 21.6. The number of aliphatic hydroxyl groups excluding tert-OH is 1. The summed E-state index contributed by atoms with van der Waals surface area (Å²) in [6, 6.07) is 0. The molecule has 0 radical (unpaired) electrons. The zero-order valence-electron chi connectivity index (χ0n) is 61.2. The number of aliphatic hydroxyl groups is 1. The van der Waals surface area contributed by atoms with E-state index >= 15 is 0 Å². The van der Waals surface area contributed by atoms with Crippen molar-refractivity contribution < 1.29 is 80.2 Å². The summed E-state index contributed by atoms with van der Waals surface area (Å²) < 4.78 is 68.2. The van der Waals surface area contributed by atoms with Crippen molar-refractivity contribution in [2.45, 2.75) is 316 Å². The highest BCUT2D eigenvalue weighted by Crippen LogP contribution is 2.45. The molecule has 0 heterocycles. The molecule has 0 aromatic carbocycles. The van der Waals surface area contributed by atoms with Crippen LogP contribution in [0.5, 0.6) is 0 Å². The normalized spacial score (nSPS) is 14.6. The Kier molecular flexibility index (Phi) is 67.6. The van der Waals surface area contributed by atoms with Crippen LogP contribution in [0.2, 0.25) is 0 Å². The van der Waals surface area contributed by atoms with Gasteiger partial charge in [0.15, 0.2) is 12.2 Å². The molecule has 0 bridgehead atoms. The zero-order chi connectivity index (χ0) is 71.8. The summed E-state index contributed by atoms with van der Waals surface area (Å²) >= 11 is 0. The second kappa shape index (κ2) is 70.9. The summed E-state index contributed by atoms with van der Waals surface area (Å²) in [4.78, 5) is 72.7. The lowest BCUT2D eigenvalue weighted by Gasteiger charge is -2.21. The summed E-state index contributed by atoms with van der Waals surface area (Å²) in [5.41, 5.74) is 0. The minimum atomic E-state index is -4.99. The van der Waals surface area contributed by atoms with Crippen LogP contribution in [0, 0.1) is 0 Å². The van der Waals surface area contributed by atoms with Gasteiger partial charge in [-0.2, -0.15) is 0 Å². The second-order valence-electron chi connectivity index (χ2n) is 24.9. The molecule has 19 heteroatoms. The third kappa shape index (κ3) is 69.9. The summed E-state index contributed by atoms with van der Waals surface area (Å²) in [5, 5.41) is 10.6. The van der Waals surface area contributed by atoms with Gasteiger partial charge in [-0.15, -0.1) is 0 Å². The number of carbonyl (C=O) groups excluding carboxylic acids is 4. The molecule has 3 N–H and O–H groups in total. The number of unbranched alkanes of at least 4 members (excludes halogenated alkanes) is 25. The van der Waals surface area contributed by atoms with E-state index in [4.69, 9.17) is 37.0 Å². The van der Waals surface area contributed by atoms with Gasteiger partial charge in [-0.1, -0.05) is 258 Å². The summed E-state index contributed by atoms with van der Waals surface area (Å²) in [7, 11) is -9.98. The topological polar surface area (TPSA) is 237 Å². The lowest BCUT2D eigenvalue weighted by atomic mass is 10.1. The van der Waals surface area contributed by atoms with E-state index in [9.17, 15) is 43.2 Å². The van der Waals surface area contributed by atoms with Crippen LogP contribution in [-0.2, 0) is 65.4 Å². The Morgan fingerprint density at radius 1 is 0.306 bits per heavy atom. The SMILES string of the molecule is CC/C=C\C/C=C\C/C=C\C/C=C\C/C=C\CC(=O)OCC(COP(=O)(O)OCC(O)COP(=O)(O)OCC(COC(=O)CCCCCCCC/C=C\C/C=C\C/C=C\CCCCC)OC(=O)CCCCCCC/C=C\CCCC)OC(=O)CCCCCCC/C=C\CCCCCC. The minimum Gasteiger partial charge on any atom is -0.462 e.